The Kier molecular flexibility index (Phi) is 4.16. The van der Waals surface area contributed by atoms with Gasteiger partial charge in [-0.1, -0.05) is 24.3 Å². The van der Waals surface area contributed by atoms with Crippen LogP contribution < -0.4 is 5.14 Å². The third-order valence-corrected chi connectivity index (χ3v) is 4.42. The quantitative estimate of drug-likeness (QED) is 0.786. The Morgan fingerprint density at radius 1 is 1.00 bits per heavy atom. The molecule has 0 bridgehead atoms. The Balaban J connectivity index is 1.97. The molecule has 0 unspecified atom stereocenters. The number of hydrogen-bond acceptors (Lipinski definition) is 3. The lowest BCUT2D eigenvalue weighted by Gasteiger charge is -2.06. The molecule has 0 saturated carbocycles. The first-order valence-electron chi connectivity index (χ1n) is 6.92. The van der Waals surface area contributed by atoms with Crippen LogP contribution in [0.2, 0.25) is 0 Å². The maximum atomic E-state index is 13.1. The summed E-state index contributed by atoms with van der Waals surface area (Å²) in [6, 6.07) is 13.6. The number of primary sulfonamides is 1. The first-order valence-corrected chi connectivity index (χ1v) is 8.47. The topological polar surface area (TPSA) is 78.0 Å². The van der Waals surface area contributed by atoms with Crippen LogP contribution in [-0.4, -0.2) is 18.2 Å². The second-order valence-corrected chi connectivity index (χ2v) is 6.63. The van der Waals surface area contributed by atoms with Crippen molar-refractivity contribution in [1.29, 1.82) is 0 Å². The highest BCUT2D eigenvalue weighted by Gasteiger charge is 2.15. The molecule has 0 amide bonds. The monoisotopic (exact) mass is 349 g/mol. The van der Waals surface area contributed by atoms with Crippen LogP contribution in [0.25, 0.3) is 16.9 Å². The molecule has 2 aromatic carbocycles. The van der Waals surface area contributed by atoms with Crippen molar-refractivity contribution >= 4 is 10.0 Å². The van der Waals surface area contributed by atoms with Crippen molar-refractivity contribution in [2.24, 2.45) is 5.14 Å². The van der Waals surface area contributed by atoms with E-state index < -0.39 is 16.4 Å². The average molecular weight is 349 g/mol. The fourth-order valence-corrected chi connectivity index (χ4v) is 2.84. The van der Waals surface area contributed by atoms with E-state index in [1.54, 1.807) is 30.5 Å². The van der Waals surface area contributed by atoms with Crippen LogP contribution in [0.5, 0.6) is 0 Å². The van der Waals surface area contributed by atoms with Gasteiger partial charge in [-0.15, -0.1) is 0 Å². The Hall–Kier alpha value is -2.58. The van der Waals surface area contributed by atoms with Gasteiger partial charge in [0, 0.05) is 17.3 Å². The van der Waals surface area contributed by atoms with Gasteiger partial charge >= 0.3 is 0 Å². The molecule has 1 aromatic heterocycles. The highest BCUT2D eigenvalue weighted by molar-refractivity contribution is 7.89. The van der Waals surface area contributed by atoms with Crippen molar-refractivity contribution in [1.82, 2.24) is 9.78 Å². The number of alkyl halides is 2. The molecule has 0 atom stereocenters. The molecule has 0 aliphatic rings. The third kappa shape index (κ3) is 3.19. The highest BCUT2D eigenvalue weighted by atomic mass is 32.2. The van der Waals surface area contributed by atoms with Gasteiger partial charge in [0.05, 0.1) is 16.3 Å². The molecule has 0 saturated heterocycles. The highest BCUT2D eigenvalue weighted by Crippen LogP contribution is 2.30. The number of aromatic nitrogens is 2. The molecule has 3 rings (SSSR count). The second kappa shape index (κ2) is 6.14. The summed E-state index contributed by atoms with van der Waals surface area (Å²) in [7, 11) is -3.77. The van der Waals surface area contributed by atoms with Gasteiger partial charge in [-0.25, -0.2) is 27.0 Å². The van der Waals surface area contributed by atoms with Crippen LogP contribution in [0.3, 0.4) is 0 Å². The molecular formula is C16H13F2N3O2S. The summed E-state index contributed by atoms with van der Waals surface area (Å²) >= 11 is 0. The van der Waals surface area contributed by atoms with Gasteiger partial charge in [-0.05, 0) is 30.3 Å². The first kappa shape index (κ1) is 16.3. The summed E-state index contributed by atoms with van der Waals surface area (Å²) in [4.78, 5) is -0.0123. The van der Waals surface area contributed by atoms with Gasteiger partial charge < -0.3 is 0 Å². The molecule has 0 fully saturated rings. The van der Waals surface area contributed by atoms with Gasteiger partial charge in [-0.3, -0.25) is 0 Å². The molecule has 8 heteroatoms. The van der Waals surface area contributed by atoms with E-state index in [1.165, 1.54) is 35.0 Å². The van der Waals surface area contributed by atoms with Crippen LogP contribution in [0.4, 0.5) is 8.78 Å². The minimum absolute atomic E-state index is 0.0123. The van der Waals surface area contributed by atoms with Crippen molar-refractivity contribution in [2.75, 3.05) is 0 Å². The molecule has 0 aliphatic carbocycles. The van der Waals surface area contributed by atoms with Gasteiger partial charge in [0.15, 0.2) is 0 Å². The average Bonchev–Trinajstić information content (AvgIpc) is 3.04. The Labute approximate surface area is 137 Å². The smallest absolute Gasteiger partial charge is 0.240 e. The van der Waals surface area contributed by atoms with E-state index >= 15 is 0 Å². The molecule has 0 radical (unpaired) electrons. The van der Waals surface area contributed by atoms with Gasteiger partial charge in [-0.2, -0.15) is 5.10 Å². The van der Waals surface area contributed by atoms with Crippen LogP contribution >= 0.6 is 0 Å². The molecule has 24 heavy (non-hydrogen) atoms. The SMILES string of the molecule is NS(=O)(=O)c1ccc(-n2ccc(-c3ccccc3C(F)F)n2)cc1. The normalized spacial score (nSPS) is 11.8. The van der Waals surface area contributed by atoms with E-state index in [-0.39, 0.29) is 10.5 Å². The lowest BCUT2D eigenvalue weighted by atomic mass is 10.1. The van der Waals surface area contributed by atoms with E-state index in [0.717, 1.165) is 0 Å². The van der Waals surface area contributed by atoms with Crippen LogP contribution in [0.15, 0.2) is 65.7 Å². The zero-order valence-electron chi connectivity index (χ0n) is 12.3. The summed E-state index contributed by atoms with van der Waals surface area (Å²) in [6.45, 7) is 0. The van der Waals surface area contributed by atoms with E-state index in [1.807, 2.05) is 0 Å². The minimum Gasteiger partial charge on any atom is -0.240 e. The van der Waals surface area contributed by atoms with Crippen molar-refractivity contribution in [3.8, 4) is 16.9 Å². The standard InChI is InChI=1S/C16H13F2N3O2S/c17-16(18)14-4-2-1-3-13(14)15-9-10-21(20-15)11-5-7-12(8-6-11)24(19,22)23/h1-10,16H,(H2,19,22,23). The van der Waals surface area contributed by atoms with Crippen molar-refractivity contribution < 1.29 is 17.2 Å². The Bertz CT molecular complexity index is 967. The second-order valence-electron chi connectivity index (χ2n) is 5.07. The van der Waals surface area contributed by atoms with E-state index in [2.05, 4.69) is 5.10 Å². The van der Waals surface area contributed by atoms with E-state index in [0.29, 0.717) is 16.9 Å². The summed E-state index contributed by atoms with van der Waals surface area (Å²) < 4.78 is 50.2. The number of rotatable bonds is 4. The fourth-order valence-electron chi connectivity index (χ4n) is 2.32. The predicted octanol–water partition coefficient (Wildman–Crippen LogP) is 3.12. The Morgan fingerprint density at radius 3 is 2.29 bits per heavy atom. The first-order chi connectivity index (χ1) is 11.4. The van der Waals surface area contributed by atoms with Crippen molar-refractivity contribution in [2.45, 2.75) is 11.3 Å². The Morgan fingerprint density at radius 2 is 1.67 bits per heavy atom. The van der Waals surface area contributed by atoms with Gasteiger partial charge in [0.1, 0.15) is 0 Å². The van der Waals surface area contributed by atoms with E-state index in [9.17, 15) is 17.2 Å². The molecular weight excluding hydrogens is 336 g/mol. The predicted molar refractivity (Wildman–Crippen MR) is 85.3 cm³/mol. The molecule has 0 aliphatic heterocycles. The summed E-state index contributed by atoms with van der Waals surface area (Å²) in [5, 5.41) is 9.34. The van der Waals surface area contributed by atoms with Crippen LogP contribution in [0, 0.1) is 0 Å². The molecule has 5 nitrogen and oxygen atoms in total. The van der Waals surface area contributed by atoms with Crippen molar-refractivity contribution in [3.63, 3.8) is 0 Å². The van der Waals surface area contributed by atoms with Gasteiger partial charge in [0.2, 0.25) is 10.0 Å². The van der Waals surface area contributed by atoms with E-state index in [4.69, 9.17) is 5.14 Å². The maximum Gasteiger partial charge on any atom is 0.264 e. The minimum atomic E-state index is -3.77. The zero-order chi connectivity index (χ0) is 17.3. The number of hydrogen-bond donors (Lipinski definition) is 1. The molecule has 3 aromatic rings. The van der Waals surface area contributed by atoms with Gasteiger partial charge in [0.25, 0.3) is 6.43 Å². The number of nitrogens with two attached hydrogens (primary N) is 1. The van der Waals surface area contributed by atoms with Crippen LogP contribution in [-0.2, 0) is 10.0 Å². The summed E-state index contributed by atoms with van der Waals surface area (Å²) in [6.07, 6.45) is -0.982. The fraction of sp³-hybridized carbons (Fsp3) is 0.0625. The molecule has 1 heterocycles. The molecule has 2 N–H and O–H groups in total. The lowest BCUT2D eigenvalue weighted by molar-refractivity contribution is 0.152. The lowest BCUT2D eigenvalue weighted by Crippen LogP contribution is -2.12. The summed E-state index contributed by atoms with van der Waals surface area (Å²) in [5.41, 5.74) is 1.25. The molecule has 0 spiro atoms. The molecule has 124 valence electrons. The number of nitrogens with zero attached hydrogens (tertiary/aromatic N) is 2. The van der Waals surface area contributed by atoms with Crippen molar-refractivity contribution in [3.05, 3.63) is 66.4 Å². The number of halogens is 2. The number of sulfonamides is 1. The maximum absolute atomic E-state index is 13.1. The largest absolute Gasteiger partial charge is 0.264 e. The summed E-state index contributed by atoms with van der Waals surface area (Å²) in [5.74, 6) is 0. The van der Waals surface area contributed by atoms with Crippen LogP contribution in [0.1, 0.15) is 12.0 Å². The number of benzene rings is 2. The third-order valence-electron chi connectivity index (χ3n) is 3.49. The zero-order valence-corrected chi connectivity index (χ0v) is 13.1.